The summed E-state index contributed by atoms with van der Waals surface area (Å²) in [6.45, 7) is 0. The molecule has 12 heavy (non-hydrogen) atoms. The summed E-state index contributed by atoms with van der Waals surface area (Å²) in [7, 11) is 2.04. The number of nitrogens with zero attached hydrogens (tertiary/aromatic N) is 1. The van der Waals surface area contributed by atoms with E-state index in [2.05, 4.69) is 54.8 Å². The van der Waals surface area contributed by atoms with Crippen LogP contribution >= 0.6 is 31.9 Å². The summed E-state index contributed by atoms with van der Waals surface area (Å²) >= 11 is 7.02. The van der Waals surface area contributed by atoms with Crippen LogP contribution in [0.1, 0.15) is 0 Å². The number of aryl methyl sites for hydroxylation is 1. The first-order valence-corrected chi connectivity index (χ1v) is 5.18. The minimum atomic E-state index is 1.09. The largest absolute Gasteiger partial charge is 0.350 e. The fourth-order valence-corrected chi connectivity index (χ4v) is 2.28. The Bertz CT molecular complexity index is 431. The Balaban J connectivity index is 2.96. The van der Waals surface area contributed by atoms with Gasteiger partial charge in [-0.25, -0.2) is 0 Å². The maximum Gasteiger partial charge on any atom is 0.0633 e. The average Bonchev–Trinajstić information content (AvgIpc) is 2.41. The Morgan fingerprint density at radius 2 is 1.92 bits per heavy atom. The predicted octanol–water partition coefficient (Wildman–Crippen LogP) is 3.70. The number of halogens is 2. The van der Waals surface area contributed by atoms with Crippen molar-refractivity contribution in [1.29, 1.82) is 0 Å². The highest BCUT2D eigenvalue weighted by atomic mass is 79.9. The molecule has 2 aromatic rings. The predicted molar refractivity (Wildman–Crippen MR) is 58.3 cm³/mol. The molecule has 1 heterocycles. The molecule has 0 spiro atoms. The molecule has 0 radical (unpaired) electrons. The first-order valence-electron chi connectivity index (χ1n) is 3.59. The van der Waals surface area contributed by atoms with E-state index in [1.54, 1.807) is 0 Å². The van der Waals surface area contributed by atoms with E-state index >= 15 is 0 Å². The third-order valence-corrected chi connectivity index (χ3v) is 3.93. The summed E-state index contributed by atoms with van der Waals surface area (Å²) in [5.41, 5.74) is 1.23. The highest BCUT2D eigenvalue weighted by molar-refractivity contribution is 9.13. The van der Waals surface area contributed by atoms with Crippen LogP contribution in [0.4, 0.5) is 0 Å². The van der Waals surface area contributed by atoms with Gasteiger partial charge in [0.15, 0.2) is 0 Å². The molecule has 2 rings (SSSR count). The molecular formula is C9H7Br2N. The van der Waals surface area contributed by atoms with Gasteiger partial charge in [-0.2, -0.15) is 0 Å². The summed E-state index contributed by atoms with van der Waals surface area (Å²) in [5, 5.41) is 1.26. The summed E-state index contributed by atoms with van der Waals surface area (Å²) < 4.78 is 4.31. The Hall–Kier alpha value is -0.280. The summed E-state index contributed by atoms with van der Waals surface area (Å²) in [6, 6.07) is 6.25. The van der Waals surface area contributed by atoms with Crippen LogP contribution in [-0.4, -0.2) is 4.57 Å². The van der Waals surface area contributed by atoms with Crippen molar-refractivity contribution >= 4 is 42.8 Å². The number of fused-ring (bicyclic) bond motifs is 1. The molecule has 0 aliphatic rings. The van der Waals surface area contributed by atoms with Crippen molar-refractivity contribution in [2.45, 2.75) is 0 Å². The van der Waals surface area contributed by atoms with Gasteiger partial charge in [0.2, 0.25) is 0 Å². The number of hydrogen-bond donors (Lipinski definition) is 0. The lowest BCUT2D eigenvalue weighted by molar-refractivity contribution is 0.966. The standard InChI is InChI=1S/C9H7Br2N/c1-12-5-4-6-2-3-7(10)8(11)9(6)12/h2-5H,1H3. The van der Waals surface area contributed by atoms with Crippen molar-refractivity contribution in [3.8, 4) is 0 Å². The third-order valence-electron chi connectivity index (χ3n) is 1.93. The summed E-state index contributed by atoms with van der Waals surface area (Å²) in [4.78, 5) is 0. The topological polar surface area (TPSA) is 4.93 Å². The van der Waals surface area contributed by atoms with Crippen LogP contribution in [0.5, 0.6) is 0 Å². The third kappa shape index (κ3) is 1.12. The lowest BCUT2D eigenvalue weighted by atomic mass is 10.2. The van der Waals surface area contributed by atoms with Crippen LogP contribution in [0.25, 0.3) is 10.9 Å². The summed E-state index contributed by atoms with van der Waals surface area (Å²) in [6.07, 6.45) is 2.06. The van der Waals surface area contributed by atoms with Gasteiger partial charge in [-0.15, -0.1) is 0 Å². The molecule has 0 aliphatic carbocycles. The van der Waals surface area contributed by atoms with E-state index in [0.717, 1.165) is 8.95 Å². The smallest absolute Gasteiger partial charge is 0.0633 e. The fourth-order valence-electron chi connectivity index (χ4n) is 1.31. The van der Waals surface area contributed by atoms with Gasteiger partial charge in [-0.05, 0) is 44.0 Å². The lowest BCUT2D eigenvalue weighted by Gasteiger charge is -2.01. The van der Waals surface area contributed by atoms with Crippen molar-refractivity contribution < 1.29 is 0 Å². The van der Waals surface area contributed by atoms with Crippen LogP contribution in [-0.2, 0) is 7.05 Å². The van der Waals surface area contributed by atoms with Gasteiger partial charge in [-0.1, -0.05) is 6.07 Å². The summed E-state index contributed by atoms with van der Waals surface area (Å²) in [5.74, 6) is 0. The van der Waals surface area contributed by atoms with E-state index in [1.165, 1.54) is 10.9 Å². The normalized spacial score (nSPS) is 10.9. The molecule has 0 amide bonds. The second kappa shape index (κ2) is 2.89. The maximum atomic E-state index is 3.54. The molecule has 0 fully saturated rings. The lowest BCUT2D eigenvalue weighted by Crippen LogP contribution is -1.85. The molecule has 0 atom stereocenters. The SMILES string of the molecule is Cn1ccc2ccc(Br)c(Br)c21. The van der Waals surface area contributed by atoms with Gasteiger partial charge in [0.05, 0.1) is 9.99 Å². The second-order valence-corrected chi connectivity index (χ2v) is 4.37. The van der Waals surface area contributed by atoms with Gasteiger partial charge in [-0.3, -0.25) is 0 Å². The molecule has 0 bridgehead atoms. The van der Waals surface area contributed by atoms with Crippen molar-refractivity contribution in [2.24, 2.45) is 7.05 Å². The van der Waals surface area contributed by atoms with E-state index in [-0.39, 0.29) is 0 Å². The van der Waals surface area contributed by atoms with E-state index in [4.69, 9.17) is 0 Å². The zero-order chi connectivity index (χ0) is 8.72. The Kier molecular flexibility index (Phi) is 2.00. The van der Waals surface area contributed by atoms with E-state index in [0.29, 0.717) is 0 Å². The van der Waals surface area contributed by atoms with Crippen molar-refractivity contribution in [2.75, 3.05) is 0 Å². The highest BCUT2D eigenvalue weighted by Gasteiger charge is 2.04. The van der Waals surface area contributed by atoms with Crippen molar-refractivity contribution in [3.63, 3.8) is 0 Å². The first kappa shape index (κ1) is 8.32. The quantitative estimate of drug-likeness (QED) is 0.697. The van der Waals surface area contributed by atoms with Gasteiger partial charge < -0.3 is 4.57 Å². The molecule has 0 saturated carbocycles. The van der Waals surface area contributed by atoms with Crippen molar-refractivity contribution in [3.05, 3.63) is 33.3 Å². The zero-order valence-corrected chi connectivity index (χ0v) is 9.68. The highest BCUT2D eigenvalue weighted by Crippen LogP contribution is 2.31. The fraction of sp³-hybridized carbons (Fsp3) is 0.111. The average molecular weight is 289 g/mol. The molecule has 0 aliphatic heterocycles. The number of aromatic nitrogens is 1. The van der Waals surface area contributed by atoms with Crippen LogP contribution in [0, 0.1) is 0 Å². The second-order valence-electron chi connectivity index (χ2n) is 2.73. The molecule has 62 valence electrons. The molecular weight excluding hydrogens is 282 g/mol. The van der Waals surface area contributed by atoms with Gasteiger partial charge in [0, 0.05) is 23.1 Å². The Morgan fingerprint density at radius 3 is 2.67 bits per heavy atom. The zero-order valence-electron chi connectivity index (χ0n) is 6.51. The Labute approximate surface area is 87.6 Å². The van der Waals surface area contributed by atoms with Crippen LogP contribution in [0.3, 0.4) is 0 Å². The van der Waals surface area contributed by atoms with E-state index in [9.17, 15) is 0 Å². The van der Waals surface area contributed by atoms with Gasteiger partial charge in [0.25, 0.3) is 0 Å². The first-order chi connectivity index (χ1) is 5.70. The molecule has 1 aromatic carbocycles. The molecule has 1 aromatic heterocycles. The van der Waals surface area contributed by atoms with Crippen LogP contribution in [0.2, 0.25) is 0 Å². The maximum absolute atomic E-state index is 3.54. The van der Waals surface area contributed by atoms with Gasteiger partial charge in [0.1, 0.15) is 0 Å². The van der Waals surface area contributed by atoms with Crippen LogP contribution in [0.15, 0.2) is 33.3 Å². The van der Waals surface area contributed by atoms with Gasteiger partial charge >= 0.3 is 0 Å². The molecule has 1 nitrogen and oxygen atoms in total. The van der Waals surface area contributed by atoms with Crippen LogP contribution < -0.4 is 0 Å². The number of benzene rings is 1. The number of rotatable bonds is 0. The minimum Gasteiger partial charge on any atom is -0.350 e. The molecule has 0 saturated heterocycles. The minimum absolute atomic E-state index is 1.09. The Morgan fingerprint density at radius 1 is 1.17 bits per heavy atom. The van der Waals surface area contributed by atoms with E-state index < -0.39 is 0 Å². The monoisotopic (exact) mass is 287 g/mol. The molecule has 0 unspecified atom stereocenters. The number of hydrogen-bond acceptors (Lipinski definition) is 0. The molecule has 3 heteroatoms. The van der Waals surface area contributed by atoms with Crippen molar-refractivity contribution in [1.82, 2.24) is 4.57 Å². The van der Waals surface area contributed by atoms with E-state index in [1.807, 2.05) is 13.1 Å². The molecule has 0 N–H and O–H groups in total.